The van der Waals surface area contributed by atoms with Crippen LogP contribution in [-0.4, -0.2) is 66.3 Å². The van der Waals surface area contributed by atoms with Gasteiger partial charge in [-0.1, -0.05) is 12.1 Å². The number of carbonyl (C=O) groups is 2. The number of nitrogens with one attached hydrogen (secondary N) is 1. The summed E-state index contributed by atoms with van der Waals surface area (Å²) in [6.07, 6.45) is -2.66. The number of alkyl halides is 3. The van der Waals surface area contributed by atoms with E-state index in [0.717, 1.165) is 6.07 Å². The predicted molar refractivity (Wildman–Crippen MR) is 91.5 cm³/mol. The first-order chi connectivity index (χ1) is 11.8. The zero-order valence-corrected chi connectivity index (χ0v) is 14.6. The Labute approximate surface area is 148 Å². The van der Waals surface area contributed by atoms with Crippen molar-refractivity contribution in [2.24, 2.45) is 0 Å². The van der Waals surface area contributed by atoms with E-state index in [1.807, 2.05) is 11.2 Å². The van der Waals surface area contributed by atoms with Crippen molar-refractivity contribution >= 4 is 29.3 Å². The van der Waals surface area contributed by atoms with Gasteiger partial charge in [0.1, 0.15) is 0 Å². The molecule has 0 radical (unpaired) electrons. The van der Waals surface area contributed by atoms with Crippen molar-refractivity contribution in [1.82, 2.24) is 9.80 Å². The molecule has 0 saturated carbocycles. The predicted octanol–water partition coefficient (Wildman–Crippen LogP) is 2.15. The number of benzene rings is 1. The molecule has 0 bridgehead atoms. The summed E-state index contributed by atoms with van der Waals surface area (Å²) >= 11 is 1.46. The van der Waals surface area contributed by atoms with Crippen LogP contribution in [0.5, 0.6) is 0 Å². The molecule has 1 N–H and O–H groups in total. The second kappa shape index (κ2) is 8.57. The molecule has 1 fully saturated rings. The minimum atomic E-state index is -4.52. The maximum absolute atomic E-state index is 12.9. The molecule has 0 atom stereocenters. The second-order valence-electron chi connectivity index (χ2n) is 5.68. The lowest BCUT2D eigenvalue weighted by molar-refractivity contribution is -0.137. The first-order valence-electron chi connectivity index (χ1n) is 7.76. The fourth-order valence-corrected chi connectivity index (χ4v) is 3.03. The van der Waals surface area contributed by atoms with E-state index in [9.17, 15) is 22.8 Å². The van der Waals surface area contributed by atoms with Gasteiger partial charge in [0.2, 0.25) is 11.8 Å². The Balaban J connectivity index is 1.87. The minimum Gasteiger partial charge on any atom is -0.339 e. The molecule has 138 valence electrons. The van der Waals surface area contributed by atoms with Crippen LogP contribution in [0.3, 0.4) is 0 Å². The van der Waals surface area contributed by atoms with Crippen LogP contribution in [0.2, 0.25) is 0 Å². The van der Waals surface area contributed by atoms with Gasteiger partial charge in [0, 0.05) is 26.2 Å². The lowest BCUT2D eigenvalue weighted by Gasteiger charge is -2.34. The number of anilines is 1. The van der Waals surface area contributed by atoms with Crippen LogP contribution < -0.4 is 5.32 Å². The zero-order valence-electron chi connectivity index (χ0n) is 13.8. The number of rotatable bonds is 5. The fraction of sp³-hybridized carbons (Fsp3) is 0.500. The summed E-state index contributed by atoms with van der Waals surface area (Å²) < 4.78 is 38.8. The second-order valence-corrected chi connectivity index (χ2v) is 6.55. The Hall–Kier alpha value is -1.74. The molecule has 1 aromatic carbocycles. The normalized spacial score (nSPS) is 15.9. The van der Waals surface area contributed by atoms with Crippen LogP contribution in [0.25, 0.3) is 0 Å². The highest BCUT2D eigenvalue weighted by molar-refractivity contribution is 7.99. The molecule has 1 heterocycles. The van der Waals surface area contributed by atoms with Gasteiger partial charge in [-0.15, -0.1) is 0 Å². The van der Waals surface area contributed by atoms with Crippen LogP contribution in [0.15, 0.2) is 24.3 Å². The van der Waals surface area contributed by atoms with E-state index in [2.05, 4.69) is 5.32 Å². The summed E-state index contributed by atoms with van der Waals surface area (Å²) in [7, 11) is 0. The largest absolute Gasteiger partial charge is 0.418 e. The first-order valence-corrected chi connectivity index (χ1v) is 9.16. The summed E-state index contributed by atoms with van der Waals surface area (Å²) in [5.41, 5.74) is -1.11. The van der Waals surface area contributed by atoms with Crippen LogP contribution in [-0.2, 0) is 15.8 Å². The van der Waals surface area contributed by atoms with Crippen molar-refractivity contribution in [1.29, 1.82) is 0 Å². The average molecular weight is 375 g/mol. The van der Waals surface area contributed by atoms with Gasteiger partial charge >= 0.3 is 6.18 Å². The zero-order chi connectivity index (χ0) is 18.4. The molecule has 0 aliphatic carbocycles. The topological polar surface area (TPSA) is 52.7 Å². The van der Waals surface area contributed by atoms with Crippen LogP contribution in [0.1, 0.15) is 5.56 Å². The van der Waals surface area contributed by atoms with Gasteiger partial charge in [0.25, 0.3) is 0 Å². The quantitative estimate of drug-likeness (QED) is 0.857. The maximum Gasteiger partial charge on any atom is 0.418 e. The van der Waals surface area contributed by atoms with Crippen molar-refractivity contribution < 1.29 is 22.8 Å². The molecule has 1 aliphatic heterocycles. The minimum absolute atomic E-state index is 0.00322. The number of piperazine rings is 1. The van der Waals surface area contributed by atoms with E-state index in [4.69, 9.17) is 0 Å². The van der Waals surface area contributed by atoms with Crippen molar-refractivity contribution in [3.8, 4) is 0 Å². The summed E-state index contributed by atoms with van der Waals surface area (Å²) in [4.78, 5) is 27.4. The van der Waals surface area contributed by atoms with Crippen LogP contribution >= 0.6 is 11.8 Å². The molecular formula is C16H20F3N3O2S. The number of hydrogen-bond acceptors (Lipinski definition) is 4. The number of amides is 2. The molecule has 2 amide bonds. The van der Waals surface area contributed by atoms with E-state index in [1.54, 1.807) is 4.90 Å². The SMILES string of the molecule is CSCC(=O)N1CCN(CC(=O)Nc2ccccc2C(F)(F)F)CC1. The van der Waals surface area contributed by atoms with E-state index in [0.29, 0.717) is 31.9 Å². The van der Waals surface area contributed by atoms with Crippen molar-refractivity contribution in [3.63, 3.8) is 0 Å². The smallest absolute Gasteiger partial charge is 0.339 e. The van der Waals surface area contributed by atoms with E-state index < -0.39 is 17.6 Å². The fourth-order valence-electron chi connectivity index (χ4n) is 2.60. The third kappa shape index (κ3) is 5.64. The molecule has 1 saturated heterocycles. The highest BCUT2D eigenvalue weighted by Gasteiger charge is 2.33. The Morgan fingerprint density at radius 3 is 2.40 bits per heavy atom. The number of carbonyl (C=O) groups excluding carboxylic acids is 2. The molecule has 9 heteroatoms. The molecule has 0 spiro atoms. The summed E-state index contributed by atoms with van der Waals surface area (Å²) in [5, 5.41) is 2.33. The first kappa shape index (κ1) is 19.6. The van der Waals surface area contributed by atoms with Crippen molar-refractivity contribution in [2.75, 3.05) is 50.0 Å². The molecule has 25 heavy (non-hydrogen) atoms. The lowest BCUT2D eigenvalue weighted by Crippen LogP contribution is -2.50. The van der Waals surface area contributed by atoms with Gasteiger partial charge in [-0.2, -0.15) is 24.9 Å². The molecule has 1 aromatic rings. The van der Waals surface area contributed by atoms with Gasteiger partial charge < -0.3 is 10.2 Å². The van der Waals surface area contributed by atoms with Gasteiger partial charge in [0.05, 0.1) is 23.5 Å². The monoisotopic (exact) mass is 375 g/mol. The number of nitrogens with zero attached hydrogens (tertiary/aromatic N) is 2. The number of halogens is 3. The van der Waals surface area contributed by atoms with Gasteiger partial charge in [0.15, 0.2) is 0 Å². The summed E-state index contributed by atoms with van der Waals surface area (Å²) in [6, 6.07) is 4.90. The van der Waals surface area contributed by atoms with Crippen molar-refractivity contribution in [2.45, 2.75) is 6.18 Å². The maximum atomic E-state index is 12.9. The van der Waals surface area contributed by atoms with Crippen LogP contribution in [0, 0.1) is 0 Å². The molecule has 5 nitrogen and oxygen atoms in total. The van der Waals surface area contributed by atoms with Crippen LogP contribution in [0.4, 0.5) is 18.9 Å². The molecule has 0 aromatic heterocycles. The number of thioether (sulfide) groups is 1. The third-order valence-electron chi connectivity index (χ3n) is 3.87. The number of para-hydroxylation sites is 1. The van der Waals surface area contributed by atoms with E-state index in [-0.39, 0.29) is 18.1 Å². The Morgan fingerprint density at radius 2 is 1.80 bits per heavy atom. The van der Waals surface area contributed by atoms with Gasteiger partial charge in [-0.3, -0.25) is 14.5 Å². The lowest BCUT2D eigenvalue weighted by atomic mass is 10.1. The van der Waals surface area contributed by atoms with Gasteiger partial charge in [-0.25, -0.2) is 0 Å². The average Bonchev–Trinajstić information content (AvgIpc) is 2.55. The number of hydrogen-bond donors (Lipinski definition) is 1. The summed E-state index contributed by atoms with van der Waals surface area (Å²) in [5.74, 6) is -0.00867. The van der Waals surface area contributed by atoms with E-state index >= 15 is 0 Å². The molecule has 2 rings (SSSR count). The summed E-state index contributed by atoms with van der Waals surface area (Å²) in [6.45, 7) is 2.08. The molecule has 1 aliphatic rings. The Morgan fingerprint density at radius 1 is 1.16 bits per heavy atom. The standard InChI is InChI=1S/C16H20F3N3O2S/c1-25-11-15(24)22-8-6-21(7-9-22)10-14(23)20-13-5-3-2-4-12(13)16(17,18)19/h2-5H,6-11H2,1H3,(H,20,23). The third-order valence-corrected chi connectivity index (χ3v) is 4.40. The Bertz CT molecular complexity index is 617. The highest BCUT2D eigenvalue weighted by atomic mass is 32.2. The van der Waals surface area contributed by atoms with E-state index in [1.165, 1.54) is 30.0 Å². The molecule has 0 unspecified atom stereocenters. The van der Waals surface area contributed by atoms with Gasteiger partial charge in [-0.05, 0) is 18.4 Å². The van der Waals surface area contributed by atoms with Crippen molar-refractivity contribution in [3.05, 3.63) is 29.8 Å². The highest BCUT2D eigenvalue weighted by Crippen LogP contribution is 2.34. The Kier molecular flexibility index (Phi) is 6.71. The molecular weight excluding hydrogens is 355 g/mol.